The van der Waals surface area contributed by atoms with Crippen molar-refractivity contribution >= 4 is 17.4 Å². The number of carbonyl (C=O) groups excluding carboxylic acids is 1. The summed E-state index contributed by atoms with van der Waals surface area (Å²) in [5, 5.41) is 0. The third-order valence-electron chi connectivity index (χ3n) is 6.27. The summed E-state index contributed by atoms with van der Waals surface area (Å²) in [7, 11) is 1.64. The Morgan fingerprint density at radius 3 is 2.59 bits per heavy atom. The second-order valence-electron chi connectivity index (χ2n) is 8.67. The fraction of sp³-hybridized carbons (Fsp3) is 0.259. The normalized spacial score (nSPS) is 17.2. The van der Waals surface area contributed by atoms with Crippen molar-refractivity contribution in [3.05, 3.63) is 83.2 Å². The number of aliphatic imine (C=N–C) groups is 1. The molecule has 2 aliphatic heterocycles. The first kappa shape index (κ1) is 21.9. The van der Waals surface area contributed by atoms with Gasteiger partial charge in [0.05, 0.1) is 12.7 Å². The lowest BCUT2D eigenvalue weighted by Crippen LogP contribution is -2.55. The highest BCUT2D eigenvalue weighted by molar-refractivity contribution is 6.04. The van der Waals surface area contributed by atoms with Gasteiger partial charge in [0.1, 0.15) is 28.8 Å². The van der Waals surface area contributed by atoms with Crippen LogP contribution in [0.4, 0.5) is 10.1 Å². The molecule has 0 bridgehead atoms. The zero-order chi connectivity index (χ0) is 23.8. The molecular formula is C27H26FN3O3. The van der Waals surface area contributed by atoms with Crippen LogP contribution in [0, 0.1) is 12.7 Å². The van der Waals surface area contributed by atoms with Gasteiger partial charge in [-0.1, -0.05) is 6.07 Å². The lowest BCUT2D eigenvalue weighted by atomic mass is 10.1. The number of rotatable bonds is 2. The van der Waals surface area contributed by atoms with Gasteiger partial charge in [-0.15, -0.1) is 0 Å². The van der Waals surface area contributed by atoms with Gasteiger partial charge in [0.2, 0.25) is 0 Å². The average Bonchev–Trinajstić information content (AvgIpc) is 2.99. The monoisotopic (exact) mass is 459 g/mol. The van der Waals surface area contributed by atoms with E-state index in [4.69, 9.17) is 14.5 Å². The van der Waals surface area contributed by atoms with E-state index in [-0.39, 0.29) is 17.8 Å². The van der Waals surface area contributed by atoms with Crippen LogP contribution in [0.2, 0.25) is 0 Å². The Hall–Kier alpha value is -3.87. The molecule has 5 rings (SSSR count). The van der Waals surface area contributed by atoms with Crippen molar-refractivity contribution in [3.8, 4) is 17.2 Å². The fourth-order valence-electron chi connectivity index (χ4n) is 4.44. The number of hydrogen-bond donors (Lipinski definition) is 0. The number of methoxy groups -OCH3 is 1. The molecule has 1 amide bonds. The number of piperazine rings is 1. The number of nitrogens with zero attached hydrogens (tertiary/aromatic N) is 3. The first-order valence-electron chi connectivity index (χ1n) is 11.3. The standard InChI is InChI=1S/C27H26FN3O3/c1-17-4-10-23-25(14-17)34-24-11-9-21(33-3)15-22(24)26(29-23)30-12-13-31(18(2)16-30)27(32)19-5-7-20(28)8-6-19/h4-11,14-15,18H,12-13,16H2,1-3H3/t18-/m0/s1. The number of fused-ring (bicyclic) bond motifs is 2. The van der Waals surface area contributed by atoms with E-state index in [0.717, 1.165) is 28.4 Å². The molecule has 3 aromatic carbocycles. The van der Waals surface area contributed by atoms with E-state index < -0.39 is 0 Å². The summed E-state index contributed by atoms with van der Waals surface area (Å²) in [5.74, 6) is 2.47. The maximum Gasteiger partial charge on any atom is 0.254 e. The zero-order valence-electron chi connectivity index (χ0n) is 19.4. The van der Waals surface area contributed by atoms with Crippen LogP contribution in [-0.4, -0.2) is 54.3 Å². The highest BCUT2D eigenvalue weighted by atomic mass is 19.1. The summed E-state index contributed by atoms with van der Waals surface area (Å²) in [6, 6.07) is 17.3. The number of hydrogen-bond acceptors (Lipinski definition) is 5. The van der Waals surface area contributed by atoms with Crippen molar-refractivity contribution in [2.24, 2.45) is 4.99 Å². The molecule has 0 aliphatic carbocycles. The molecule has 0 unspecified atom stereocenters. The van der Waals surface area contributed by atoms with E-state index in [1.54, 1.807) is 7.11 Å². The molecule has 1 atom stereocenters. The van der Waals surface area contributed by atoms with Crippen molar-refractivity contribution in [3.63, 3.8) is 0 Å². The van der Waals surface area contributed by atoms with Gasteiger partial charge in [-0.05, 0) is 74.0 Å². The van der Waals surface area contributed by atoms with E-state index in [9.17, 15) is 9.18 Å². The van der Waals surface area contributed by atoms with Crippen LogP contribution in [0.15, 0.2) is 65.7 Å². The van der Waals surface area contributed by atoms with Crippen molar-refractivity contribution < 1.29 is 18.7 Å². The fourth-order valence-corrected chi connectivity index (χ4v) is 4.44. The Kier molecular flexibility index (Phi) is 5.69. The van der Waals surface area contributed by atoms with Crippen LogP contribution in [0.25, 0.3) is 0 Å². The number of benzene rings is 3. The van der Waals surface area contributed by atoms with Gasteiger partial charge in [-0.25, -0.2) is 9.38 Å². The lowest BCUT2D eigenvalue weighted by molar-refractivity contribution is 0.0581. The minimum atomic E-state index is -0.354. The Labute approximate surface area is 198 Å². The molecule has 2 heterocycles. The molecule has 1 saturated heterocycles. The van der Waals surface area contributed by atoms with Gasteiger partial charge in [0, 0.05) is 31.2 Å². The molecule has 34 heavy (non-hydrogen) atoms. The molecular weight excluding hydrogens is 433 g/mol. The molecule has 3 aromatic rings. The topological polar surface area (TPSA) is 54.4 Å². The third-order valence-corrected chi connectivity index (χ3v) is 6.27. The number of amidine groups is 1. The Bertz CT molecular complexity index is 1270. The minimum absolute atomic E-state index is 0.0651. The van der Waals surface area contributed by atoms with Crippen LogP contribution >= 0.6 is 0 Å². The summed E-state index contributed by atoms with van der Waals surface area (Å²) in [6.07, 6.45) is 0. The third kappa shape index (κ3) is 4.09. The second kappa shape index (κ2) is 8.82. The van der Waals surface area contributed by atoms with E-state index in [1.165, 1.54) is 24.3 Å². The first-order chi connectivity index (χ1) is 16.4. The van der Waals surface area contributed by atoms with Gasteiger partial charge in [0.15, 0.2) is 5.75 Å². The molecule has 7 heteroatoms. The summed E-state index contributed by atoms with van der Waals surface area (Å²) in [4.78, 5) is 22.1. The van der Waals surface area contributed by atoms with Crippen molar-refractivity contribution in [1.82, 2.24) is 9.80 Å². The molecule has 6 nitrogen and oxygen atoms in total. The molecule has 0 N–H and O–H groups in total. The van der Waals surface area contributed by atoms with E-state index >= 15 is 0 Å². The van der Waals surface area contributed by atoms with E-state index in [0.29, 0.717) is 36.7 Å². The number of aryl methyl sites for hydroxylation is 1. The van der Waals surface area contributed by atoms with Gasteiger partial charge < -0.3 is 19.3 Å². The molecule has 1 fully saturated rings. The molecule has 0 spiro atoms. The largest absolute Gasteiger partial charge is 0.497 e. The minimum Gasteiger partial charge on any atom is -0.497 e. The Balaban J connectivity index is 1.47. The van der Waals surface area contributed by atoms with Crippen LogP contribution < -0.4 is 9.47 Å². The van der Waals surface area contributed by atoms with Crippen LogP contribution in [0.1, 0.15) is 28.4 Å². The summed E-state index contributed by atoms with van der Waals surface area (Å²) in [5.41, 5.74) is 3.18. The molecule has 0 saturated carbocycles. The number of carbonyl (C=O) groups is 1. The zero-order valence-corrected chi connectivity index (χ0v) is 19.4. The van der Waals surface area contributed by atoms with E-state index in [1.807, 2.05) is 55.1 Å². The van der Waals surface area contributed by atoms with E-state index in [2.05, 4.69) is 4.90 Å². The van der Waals surface area contributed by atoms with Gasteiger partial charge in [-0.3, -0.25) is 4.79 Å². The van der Waals surface area contributed by atoms with Crippen LogP contribution in [-0.2, 0) is 0 Å². The smallest absolute Gasteiger partial charge is 0.254 e. The van der Waals surface area contributed by atoms with Crippen molar-refractivity contribution in [2.45, 2.75) is 19.9 Å². The Morgan fingerprint density at radius 2 is 1.85 bits per heavy atom. The SMILES string of the molecule is COc1ccc2c(c1)C(N1CCN(C(=O)c3ccc(F)cc3)[C@@H](C)C1)=Nc1ccc(C)cc1O2. The molecule has 2 aliphatic rings. The maximum absolute atomic E-state index is 13.3. The van der Waals surface area contributed by atoms with Gasteiger partial charge in [-0.2, -0.15) is 0 Å². The average molecular weight is 460 g/mol. The summed E-state index contributed by atoms with van der Waals surface area (Å²) < 4.78 is 25.0. The van der Waals surface area contributed by atoms with Gasteiger partial charge in [0.25, 0.3) is 5.91 Å². The quantitative estimate of drug-likeness (QED) is 0.530. The molecule has 0 radical (unpaired) electrons. The summed E-state index contributed by atoms with van der Waals surface area (Å²) >= 11 is 0. The van der Waals surface area contributed by atoms with Crippen LogP contribution in [0.5, 0.6) is 17.2 Å². The van der Waals surface area contributed by atoms with Crippen LogP contribution in [0.3, 0.4) is 0 Å². The van der Waals surface area contributed by atoms with Crippen molar-refractivity contribution in [2.75, 3.05) is 26.7 Å². The first-order valence-corrected chi connectivity index (χ1v) is 11.3. The number of ether oxygens (including phenoxy) is 2. The lowest BCUT2D eigenvalue weighted by Gasteiger charge is -2.41. The predicted molar refractivity (Wildman–Crippen MR) is 129 cm³/mol. The number of halogens is 1. The maximum atomic E-state index is 13.3. The van der Waals surface area contributed by atoms with Crippen molar-refractivity contribution in [1.29, 1.82) is 0 Å². The second-order valence-corrected chi connectivity index (χ2v) is 8.67. The predicted octanol–water partition coefficient (Wildman–Crippen LogP) is 5.17. The highest BCUT2D eigenvalue weighted by Gasteiger charge is 2.32. The molecule has 0 aromatic heterocycles. The summed E-state index contributed by atoms with van der Waals surface area (Å²) in [6.45, 7) is 5.77. The molecule has 174 valence electrons. The highest BCUT2D eigenvalue weighted by Crippen LogP contribution is 2.40. The Morgan fingerprint density at radius 1 is 1.06 bits per heavy atom. The van der Waals surface area contributed by atoms with Gasteiger partial charge >= 0.3 is 0 Å². The number of amides is 1.